The van der Waals surface area contributed by atoms with Crippen LogP contribution in [0.4, 0.5) is 11.4 Å². The average molecular weight is 224 g/mol. The number of nitro benzene ring substituents is 1. The van der Waals surface area contributed by atoms with E-state index in [0.29, 0.717) is 11.3 Å². The van der Waals surface area contributed by atoms with Gasteiger partial charge in [0.05, 0.1) is 11.3 Å². The maximum absolute atomic E-state index is 10.6. The summed E-state index contributed by atoms with van der Waals surface area (Å²) < 4.78 is 0. The predicted molar refractivity (Wildman–Crippen MR) is 58.6 cm³/mol. The second-order valence-corrected chi connectivity index (χ2v) is 3.28. The van der Waals surface area contributed by atoms with Crippen LogP contribution in [0.3, 0.4) is 0 Å². The first-order valence-electron chi connectivity index (χ1n) is 4.72. The maximum Gasteiger partial charge on any atom is 0.305 e. The first-order valence-corrected chi connectivity index (χ1v) is 4.72. The number of nitro groups is 1. The lowest BCUT2D eigenvalue weighted by molar-refractivity contribution is -0.385. The van der Waals surface area contributed by atoms with E-state index < -0.39 is 10.9 Å². The van der Waals surface area contributed by atoms with Crippen molar-refractivity contribution in [2.75, 3.05) is 11.9 Å². The van der Waals surface area contributed by atoms with Crippen molar-refractivity contribution in [3.63, 3.8) is 0 Å². The van der Waals surface area contributed by atoms with Crippen molar-refractivity contribution in [1.29, 1.82) is 0 Å². The largest absolute Gasteiger partial charge is 0.481 e. The molecule has 0 fully saturated rings. The number of benzene rings is 1. The van der Waals surface area contributed by atoms with Crippen LogP contribution in [0.25, 0.3) is 0 Å². The van der Waals surface area contributed by atoms with E-state index in [1.54, 1.807) is 19.1 Å². The van der Waals surface area contributed by atoms with E-state index in [1.807, 2.05) is 0 Å². The highest BCUT2D eigenvalue weighted by Gasteiger charge is 2.12. The highest BCUT2D eigenvalue weighted by molar-refractivity contribution is 5.68. The van der Waals surface area contributed by atoms with Gasteiger partial charge >= 0.3 is 5.97 Å². The lowest BCUT2D eigenvalue weighted by atomic mass is 10.1. The Bertz CT molecular complexity index is 417. The van der Waals surface area contributed by atoms with E-state index in [-0.39, 0.29) is 18.7 Å². The van der Waals surface area contributed by atoms with Crippen molar-refractivity contribution in [3.05, 3.63) is 33.9 Å². The molecule has 0 saturated heterocycles. The fourth-order valence-electron chi connectivity index (χ4n) is 1.32. The van der Waals surface area contributed by atoms with Crippen LogP contribution in [0.15, 0.2) is 18.2 Å². The number of nitrogens with zero attached hydrogens (tertiary/aromatic N) is 1. The molecule has 0 radical (unpaired) electrons. The molecule has 0 amide bonds. The number of nitrogens with one attached hydrogen (secondary N) is 1. The molecule has 1 aromatic carbocycles. The summed E-state index contributed by atoms with van der Waals surface area (Å²) in [6.45, 7) is 1.87. The number of aliphatic carboxylic acids is 1. The normalized spacial score (nSPS) is 9.81. The first kappa shape index (κ1) is 12.0. The van der Waals surface area contributed by atoms with Gasteiger partial charge in [0.2, 0.25) is 0 Å². The van der Waals surface area contributed by atoms with Crippen LogP contribution in [0.2, 0.25) is 0 Å². The molecule has 1 rings (SSSR count). The minimum Gasteiger partial charge on any atom is -0.481 e. The van der Waals surface area contributed by atoms with Gasteiger partial charge in [-0.15, -0.1) is 0 Å². The van der Waals surface area contributed by atoms with Crippen molar-refractivity contribution in [2.45, 2.75) is 13.3 Å². The molecule has 0 saturated carbocycles. The quantitative estimate of drug-likeness (QED) is 0.587. The predicted octanol–water partition coefficient (Wildman–Crippen LogP) is 1.79. The number of hydrogen-bond acceptors (Lipinski definition) is 4. The minimum absolute atomic E-state index is 0.0257. The molecule has 0 aliphatic rings. The van der Waals surface area contributed by atoms with Crippen LogP contribution in [0.1, 0.15) is 12.0 Å². The number of hydrogen-bond donors (Lipinski definition) is 2. The van der Waals surface area contributed by atoms with E-state index in [9.17, 15) is 14.9 Å². The number of carboxylic acid groups (broad SMARTS) is 1. The van der Waals surface area contributed by atoms with E-state index in [2.05, 4.69) is 5.32 Å². The molecule has 2 N–H and O–H groups in total. The fourth-order valence-corrected chi connectivity index (χ4v) is 1.32. The van der Waals surface area contributed by atoms with Crippen LogP contribution in [-0.4, -0.2) is 22.5 Å². The van der Waals surface area contributed by atoms with Gasteiger partial charge in [0.1, 0.15) is 0 Å². The lowest BCUT2D eigenvalue weighted by Gasteiger charge is -2.08. The van der Waals surface area contributed by atoms with Gasteiger partial charge in [0, 0.05) is 23.9 Å². The molecule has 0 aliphatic heterocycles. The van der Waals surface area contributed by atoms with Gasteiger partial charge in [0.25, 0.3) is 5.69 Å². The smallest absolute Gasteiger partial charge is 0.305 e. The minimum atomic E-state index is -0.907. The molecule has 6 nitrogen and oxygen atoms in total. The van der Waals surface area contributed by atoms with E-state index in [0.717, 1.165) is 0 Å². The summed E-state index contributed by atoms with van der Waals surface area (Å²) in [5.74, 6) is -0.907. The van der Waals surface area contributed by atoms with Crippen LogP contribution < -0.4 is 5.32 Å². The molecule has 6 heteroatoms. The number of carbonyl (C=O) groups is 1. The standard InChI is InChI=1S/C10H12N2O4/c1-7-8(11-6-5-10(13)14)3-2-4-9(7)12(15)16/h2-4,11H,5-6H2,1H3,(H,13,14). The van der Waals surface area contributed by atoms with Crippen molar-refractivity contribution in [3.8, 4) is 0 Å². The molecule has 86 valence electrons. The Kier molecular flexibility index (Phi) is 3.82. The molecule has 0 aromatic heterocycles. The third-order valence-corrected chi connectivity index (χ3v) is 2.16. The van der Waals surface area contributed by atoms with E-state index in [1.165, 1.54) is 6.07 Å². The van der Waals surface area contributed by atoms with Gasteiger partial charge in [0.15, 0.2) is 0 Å². The maximum atomic E-state index is 10.6. The molecule has 0 spiro atoms. The summed E-state index contributed by atoms with van der Waals surface area (Å²) >= 11 is 0. The van der Waals surface area contributed by atoms with Gasteiger partial charge in [-0.1, -0.05) is 6.07 Å². The Morgan fingerprint density at radius 1 is 1.56 bits per heavy atom. The van der Waals surface area contributed by atoms with Crippen molar-refractivity contribution < 1.29 is 14.8 Å². The summed E-state index contributed by atoms with van der Waals surface area (Å²) in [5.41, 5.74) is 1.13. The molecule has 0 heterocycles. The topological polar surface area (TPSA) is 92.5 Å². The van der Waals surface area contributed by atoms with Crippen molar-refractivity contribution >= 4 is 17.3 Å². The summed E-state index contributed by atoms with van der Waals surface area (Å²) in [4.78, 5) is 20.5. The van der Waals surface area contributed by atoms with Crippen LogP contribution >= 0.6 is 0 Å². The molecule has 0 aliphatic carbocycles. The van der Waals surface area contributed by atoms with E-state index >= 15 is 0 Å². The summed E-state index contributed by atoms with van der Waals surface area (Å²) in [6.07, 6.45) is -0.0257. The molecule has 0 unspecified atom stereocenters. The SMILES string of the molecule is Cc1c(NCCC(=O)O)cccc1[N+](=O)[O-]. The van der Waals surface area contributed by atoms with Crippen molar-refractivity contribution in [1.82, 2.24) is 0 Å². The monoisotopic (exact) mass is 224 g/mol. The Morgan fingerprint density at radius 2 is 2.25 bits per heavy atom. The molecule has 16 heavy (non-hydrogen) atoms. The van der Waals surface area contributed by atoms with Gasteiger partial charge in [-0.2, -0.15) is 0 Å². The third kappa shape index (κ3) is 2.94. The van der Waals surface area contributed by atoms with Gasteiger partial charge in [-0.25, -0.2) is 0 Å². The van der Waals surface area contributed by atoms with Crippen molar-refractivity contribution in [2.24, 2.45) is 0 Å². The second-order valence-electron chi connectivity index (χ2n) is 3.28. The fraction of sp³-hybridized carbons (Fsp3) is 0.300. The Labute approximate surface area is 92.0 Å². The molecular weight excluding hydrogens is 212 g/mol. The lowest BCUT2D eigenvalue weighted by Crippen LogP contribution is -2.08. The van der Waals surface area contributed by atoms with Gasteiger partial charge < -0.3 is 10.4 Å². The summed E-state index contributed by atoms with van der Waals surface area (Å²) in [5, 5.41) is 21.9. The zero-order chi connectivity index (χ0) is 12.1. The summed E-state index contributed by atoms with van der Waals surface area (Å²) in [7, 11) is 0. The van der Waals surface area contributed by atoms with Crippen LogP contribution in [0, 0.1) is 17.0 Å². The first-order chi connectivity index (χ1) is 7.52. The highest BCUT2D eigenvalue weighted by atomic mass is 16.6. The Balaban J connectivity index is 2.77. The zero-order valence-corrected chi connectivity index (χ0v) is 8.77. The van der Waals surface area contributed by atoms with Gasteiger partial charge in [-0.05, 0) is 13.0 Å². The third-order valence-electron chi connectivity index (χ3n) is 2.16. The molecule has 0 bridgehead atoms. The van der Waals surface area contributed by atoms with Crippen LogP contribution in [0.5, 0.6) is 0 Å². The molecular formula is C10H12N2O4. The average Bonchev–Trinajstić information content (AvgIpc) is 2.19. The Morgan fingerprint density at radius 3 is 2.81 bits per heavy atom. The number of rotatable bonds is 5. The van der Waals surface area contributed by atoms with E-state index in [4.69, 9.17) is 5.11 Å². The summed E-state index contributed by atoms with van der Waals surface area (Å²) in [6, 6.07) is 4.66. The number of anilines is 1. The number of carboxylic acids is 1. The second kappa shape index (κ2) is 5.11. The molecule has 0 atom stereocenters. The highest BCUT2D eigenvalue weighted by Crippen LogP contribution is 2.24. The molecule has 1 aromatic rings. The van der Waals surface area contributed by atoms with Gasteiger partial charge in [-0.3, -0.25) is 14.9 Å². The Hall–Kier alpha value is -2.11. The van der Waals surface area contributed by atoms with Crippen LogP contribution in [-0.2, 0) is 4.79 Å². The zero-order valence-electron chi connectivity index (χ0n) is 8.77.